The number of hydrogen-bond acceptors (Lipinski definition) is 4. The zero-order valence-corrected chi connectivity index (χ0v) is 12.0. The van der Waals surface area contributed by atoms with Crippen molar-refractivity contribution in [2.45, 2.75) is 32.8 Å². The molecule has 0 aromatic heterocycles. The lowest BCUT2D eigenvalue weighted by Crippen LogP contribution is -2.38. The third-order valence-electron chi connectivity index (χ3n) is 3.47. The monoisotopic (exact) mass is 266 g/mol. The zero-order valence-electron chi connectivity index (χ0n) is 12.0. The van der Waals surface area contributed by atoms with Crippen LogP contribution in [0.5, 0.6) is 5.75 Å². The van der Waals surface area contributed by atoms with Crippen LogP contribution in [0.4, 0.5) is 0 Å². The molecule has 0 heterocycles. The van der Waals surface area contributed by atoms with Crippen LogP contribution in [0.25, 0.3) is 0 Å². The topological polar surface area (TPSA) is 55.8 Å². The summed E-state index contributed by atoms with van der Waals surface area (Å²) in [6.07, 6.45) is 0.417. The molecule has 0 saturated carbocycles. The van der Waals surface area contributed by atoms with Gasteiger partial charge in [-0.15, -0.1) is 0 Å². The van der Waals surface area contributed by atoms with Gasteiger partial charge in [0.05, 0.1) is 19.6 Å². The number of carbonyl (C=O) groups is 1. The summed E-state index contributed by atoms with van der Waals surface area (Å²) in [6.45, 7) is 5.58. The first-order valence-electron chi connectivity index (χ1n) is 6.53. The van der Waals surface area contributed by atoms with E-state index in [0.717, 1.165) is 0 Å². The molecule has 0 spiro atoms. The van der Waals surface area contributed by atoms with Gasteiger partial charge in [-0.2, -0.15) is 0 Å². The van der Waals surface area contributed by atoms with Crippen molar-refractivity contribution in [1.82, 2.24) is 0 Å². The first-order valence-corrected chi connectivity index (χ1v) is 6.53. The van der Waals surface area contributed by atoms with Crippen LogP contribution < -0.4 is 4.74 Å². The molecule has 0 aliphatic rings. The Morgan fingerprint density at radius 1 is 1.42 bits per heavy atom. The van der Waals surface area contributed by atoms with E-state index in [1.165, 1.54) is 0 Å². The van der Waals surface area contributed by atoms with Gasteiger partial charge in [-0.05, 0) is 38.0 Å². The number of methoxy groups -OCH3 is 1. The number of benzene rings is 1. The quantitative estimate of drug-likeness (QED) is 0.804. The summed E-state index contributed by atoms with van der Waals surface area (Å²) < 4.78 is 10.2. The second kappa shape index (κ2) is 6.57. The van der Waals surface area contributed by atoms with Gasteiger partial charge in [-0.25, -0.2) is 0 Å². The summed E-state index contributed by atoms with van der Waals surface area (Å²) in [5.41, 5.74) is -0.587. The molecule has 1 aromatic carbocycles. The SMILES string of the molecule is CCOC(=O)[C@H](C)[C@](O)(CC)c1cccc(OC)c1. The van der Waals surface area contributed by atoms with Gasteiger partial charge in [-0.3, -0.25) is 4.79 Å². The van der Waals surface area contributed by atoms with Gasteiger partial charge in [0.2, 0.25) is 0 Å². The molecule has 4 heteroatoms. The molecule has 1 N–H and O–H groups in total. The van der Waals surface area contributed by atoms with Gasteiger partial charge in [0.25, 0.3) is 0 Å². The van der Waals surface area contributed by atoms with E-state index in [1.807, 2.05) is 6.92 Å². The summed E-state index contributed by atoms with van der Waals surface area (Å²) in [7, 11) is 1.57. The number of ether oxygens (including phenoxy) is 2. The summed E-state index contributed by atoms with van der Waals surface area (Å²) in [5, 5.41) is 10.8. The second-order valence-corrected chi connectivity index (χ2v) is 4.48. The molecule has 0 aliphatic heterocycles. The van der Waals surface area contributed by atoms with Gasteiger partial charge >= 0.3 is 5.97 Å². The Balaban J connectivity index is 3.10. The molecule has 19 heavy (non-hydrogen) atoms. The lowest BCUT2D eigenvalue weighted by Gasteiger charge is -2.32. The van der Waals surface area contributed by atoms with Crippen LogP contribution in [0.15, 0.2) is 24.3 Å². The Hall–Kier alpha value is -1.55. The van der Waals surface area contributed by atoms with E-state index < -0.39 is 17.5 Å². The molecular weight excluding hydrogens is 244 g/mol. The molecule has 0 bridgehead atoms. The molecule has 1 rings (SSSR count). The highest BCUT2D eigenvalue weighted by Gasteiger charge is 2.39. The molecule has 0 saturated heterocycles. The molecule has 0 fully saturated rings. The van der Waals surface area contributed by atoms with E-state index in [9.17, 15) is 9.90 Å². The maximum absolute atomic E-state index is 11.9. The van der Waals surface area contributed by atoms with Crippen molar-refractivity contribution in [2.24, 2.45) is 5.92 Å². The van der Waals surface area contributed by atoms with E-state index in [-0.39, 0.29) is 0 Å². The van der Waals surface area contributed by atoms with Crippen molar-refractivity contribution in [2.75, 3.05) is 13.7 Å². The van der Waals surface area contributed by atoms with Gasteiger partial charge in [0, 0.05) is 0 Å². The van der Waals surface area contributed by atoms with Gasteiger partial charge < -0.3 is 14.6 Å². The maximum Gasteiger partial charge on any atom is 0.311 e. The predicted octanol–water partition coefficient (Wildman–Crippen LogP) is 2.49. The van der Waals surface area contributed by atoms with Crippen LogP contribution in [0, 0.1) is 5.92 Å². The van der Waals surface area contributed by atoms with Crippen LogP contribution in [0.1, 0.15) is 32.8 Å². The summed E-state index contributed by atoms with van der Waals surface area (Å²) in [6, 6.07) is 7.14. The largest absolute Gasteiger partial charge is 0.497 e. The molecule has 1 aromatic rings. The third-order valence-corrected chi connectivity index (χ3v) is 3.47. The average molecular weight is 266 g/mol. The highest BCUT2D eigenvalue weighted by Crippen LogP contribution is 2.35. The Morgan fingerprint density at radius 3 is 2.63 bits per heavy atom. The number of carbonyl (C=O) groups excluding carboxylic acids is 1. The van der Waals surface area contributed by atoms with Crippen LogP contribution in [0.3, 0.4) is 0 Å². The number of rotatable bonds is 6. The van der Waals surface area contributed by atoms with E-state index in [4.69, 9.17) is 9.47 Å². The maximum atomic E-state index is 11.9. The first kappa shape index (κ1) is 15.5. The normalized spacial score (nSPS) is 15.4. The zero-order chi connectivity index (χ0) is 14.5. The lowest BCUT2D eigenvalue weighted by molar-refractivity contribution is -0.158. The van der Waals surface area contributed by atoms with Crippen molar-refractivity contribution in [1.29, 1.82) is 0 Å². The van der Waals surface area contributed by atoms with E-state index in [0.29, 0.717) is 24.3 Å². The second-order valence-electron chi connectivity index (χ2n) is 4.48. The van der Waals surface area contributed by atoms with Gasteiger partial charge in [-0.1, -0.05) is 19.1 Å². The van der Waals surface area contributed by atoms with Crippen molar-refractivity contribution in [3.8, 4) is 5.75 Å². The highest BCUT2D eigenvalue weighted by atomic mass is 16.5. The minimum absolute atomic E-state index is 0.307. The summed E-state index contributed by atoms with van der Waals surface area (Å²) in [5.74, 6) is -0.375. The standard InChI is InChI=1S/C15H22O4/c1-5-15(17,11(3)14(16)19-6-2)12-8-7-9-13(10-12)18-4/h7-11,17H,5-6H2,1-4H3/t11-,15+/m0/s1. The highest BCUT2D eigenvalue weighted by molar-refractivity contribution is 5.74. The summed E-state index contributed by atoms with van der Waals surface area (Å²) >= 11 is 0. The van der Waals surface area contributed by atoms with Crippen LogP contribution in [-0.2, 0) is 15.1 Å². The minimum atomic E-state index is -1.25. The number of aliphatic hydroxyl groups is 1. The van der Waals surface area contributed by atoms with Gasteiger partial charge in [0.15, 0.2) is 0 Å². The molecule has 0 aliphatic carbocycles. The van der Waals surface area contributed by atoms with Crippen LogP contribution in [0.2, 0.25) is 0 Å². The fourth-order valence-electron chi connectivity index (χ4n) is 2.11. The number of hydrogen-bond donors (Lipinski definition) is 1. The van der Waals surface area contributed by atoms with E-state index >= 15 is 0 Å². The molecular formula is C15H22O4. The van der Waals surface area contributed by atoms with Crippen LogP contribution >= 0.6 is 0 Å². The molecule has 0 amide bonds. The molecule has 106 valence electrons. The van der Waals surface area contributed by atoms with Crippen molar-refractivity contribution in [3.05, 3.63) is 29.8 Å². The molecule has 4 nitrogen and oxygen atoms in total. The first-order chi connectivity index (χ1) is 8.99. The Bertz CT molecular complexity index is 430. The molecule has 0 radical (unpaired) electrons. The van der Waals surface area contributed by atoms with E-state index in [2.05, 4.69) is 0 Å². The fraction of sp³-hybridized carbons (Fsp3) is 0.533. The van der Waals surface area contributed by atoms with E-state index in [1.54, 1.807) is 45.2 Å². The van der Waals surface area contributed by atoms with Crippen molar-refractivity contribution < 1.29 is 19.4 Å². The lowest BCUT2D eigenvalue weighted by atomic mass is 9.80. The molecule has 2 atom stereocenters. The smallest absolute Gasteiger partial charge is 0.311 e. The van der Waals surface area contributed by atoms with Crippen LogP contribution in [-0.4, -0.2) is 24.8 Å². The average Bonchev–Trinajstić information content (AvgIpc) is 2.45. The Kier molecular flexibility index (Phi) is 5.36. The predicted molar refractivity (Wildman–Crippen MR) is 73.0 cm³/mol. The third kappa shape index (κ3) is 3.26. The van der Waals surface area contributed by atoms with Gasteiger partial charge in [0.1, 0.15) is 11.4 Å². The molecule has 0 unspecified atom stereocenters. The summed E-state index contributed by atoms with van der Waals surface area (Å²) in [4.78, 5) is 11.9. The minimum Gasteiger partial charge on any atom is -0.497 e. The number of esters is 1. The van der Waals surface area contributed by atoms with Crippen molar-refractivity contribution >= 4 is 5.97 Å². The van der Waals surface area contributed by atoms with Crippen molar-refractivity contribution in [3.63, 3.8) is 0 Å². The Labute approximate surface area is 114 Å². The fourth-order valence-corrected chi connectivity index (χ4v) is 2.11. The Morgan fingerprint density at radius 2 is 2.11 bits per heavy atom.